The Labute approximate surface area is 86.3 Å². The molecule has 0 atom stereocenters. The van der Waals surface area contributed by atoms with Crippen LogP contribution in [-0.2, 0) is 4.74 Å². The molecule has 4 heteroatoms. The number of hydrogen-bond donors (Lipinski definition) is 2. The molecule has 0 aliphatic rings. The highest BCUT2D eigenvalue weighted by Crippen LogP contribution is 2.06. The van der Waals surface area contributed by atoms with Crippen LogP contribution in [0.1, 0.15) is 6.99 Å². The molecule has 0 aliphatic carbocycles. The summed E-state index contributed by atoms with van der Waals surface area (Å²) in [7, 11) is 5.13. The molecule has 80 valence electrons. The van der Waals surface area contributed by atoms with Gasteiger partial charge in [0, 0.05) is 28.4 Å². The topological polar surface area (TPSA) is 59.6 Å². The molecule has 1 aromatic carbocycles. The molecular formula is C10H19N3O. The lowest BCUT2D eigenvalue weighted by Gasteiger charge is -1.98. The van der Waals surface area contributed by atoms with Gasteiger partial charge in [0.05, 0.1) is 6.21 Å². The zero-order valence-electron chi connectivity index (χ0n) is 8.82. The smallest absolute Gasteiger partial charge is 0.0538 e. The lowest BCUT2D eigenvalue weighted by atomic mass is 10.2. The summed E-state index contributed by atoms with van der Waals surface area (Å²) in [4.78, 5) is 0. The first-order valence-corrected chi connectivity index (χ1v) is 4.19. The number of benzene rings is 1. The van der Waals surface area contributed by atoms with Crippen LogP contribution in [0, 0.1) is 0 Å². The Bertz CT molecular complexity index is 262. The van der Waals surface area contributed by atoms with E-state index in [-0.39, 0.29) is 1.43 Å². The largest absolute Gasteiger partial charge is 0.388 e. The van der Waals surface area contributed by atoms with Crippen molar-refractivity contribution in [2.75, 3.05) is 26.6 Å². The van der Waals surface area contributed by atoms with Crippen LogP contribution in [-0.4, -0.2) is 27.5 Å². The second kappa shape index (κ2) is 8.07. The van der Waals surface area contributed by atoms with E-state index in [1.807, 2.05) is 31.3 Å². The van der Waals surface area contributed by atoms with Gasteiger partial charge in [0.2, 0.25) is 0 Å². The molecular weight excluding hydrogens is 178 g/mol. The normalized spacial score (nSPS) is 9.36. The van der Waals surface area contributed by atoms with E-state index in [0.29, 0.717) is 0 Å². The molecule has 0 aromatic heterocycles. The van der Waals surface area contributed by atoms with Crippen molar-refractivity contribution in [3.8, 4) is 0 Å². The molecule has 0 saturated heterocycles. The molecule has 3 N–H and O–H groups in total. The molecule has 14 heavy (non-hydrogen) atoms. The summed E-state index contributed by atoms with van der Waals surface area (Å²) in [6.45, 7) is 0. The number of hydrazone groups is 1. The summed E-state index contributed by atoms with van der Waals surface area (Å²) in [5, 5.41) is 6.44. The summed E-state index contributed by atoms with van der Waals surface area (Å²) < 4.78 is 4.25. The van der Waals surface area contributed by atoms with Crippen LogP contribution < -0.4 is 11.2 Å². The third-order valence-corrected chi connectivity index (χ3v) is 1.42. The van der Waals surface area contributed by atoms with Crippen molar-refractivity contribution in [3.05, 3.63) is 29.8 Å². The predicted octanol–water partition coefficient (Wildman–Crippen LogP) is 1.53. The Hall–Kier alpha value is -1.55. The number of nitrogens with two attached hydrogens (primary N) is 1. The Morgan fingerprint density at radius 1 is 1.36 bits per heavy atom. The number of rotatable bonds is 2. The van der Waals surface area contributed by atoms with Crippen molar-refractivity contribution in [1.29, 1.82) is 0 Å². The summed E-state index contributed by atoms with van der Waals surface area (Å²) in [6, 6.07) is 7.83. The SMILES string of the molecule is CNc1ccc(/C=N\N)cc1.COC.[HH]. The standard InChI is InChI=1S/C8H11N3.C2H6O.H2/c1-10-8-4-2-7(3-5-8)6-11-9;1-3-2;/h2-6,10H,9H2,1H3;1-2H3;1H/b11-6-;;. The van der Waals surface area contributed by atoms with Crippen molar-refractivity contribution in [2.24, 2.45) is 10.9 Å². The summed E-state index contributed by atoms with van der Waals surface area (Å²) in [6.07, 6.45) is 1.61. The Balaban J connectivity index is 0. The minimum absolute atomic E-state index is 0. The fraction of sp³-hybridized carbons (Fsp3) is 0.300. The van der Waals surface area contributed by atoms with Crippen molar-refractivity contribution in [1.82, 2.24) is 0 Å². The van der Waals surface area contributed by atoms with Crippen LogP contribution in [0.2, 0.25) is 0 Å². The minimum atomic E-state index is 0. The van der Waals surface area contributed by atoms with Gasteiger partial charge < -0.3 is 15.9 Å². The number of ether oxygens (including phenoxy) is 1. The van der Waals surface area contributed by atoms with E-state index in [0.717, 1.165) is 11.3 Å². The van der Waals surface area contributed by atoms with Crippen LogP contribution in [0.3, 0.4) is 0 Å². The quantitative estimate of drug-likeness (QED) is 0.429. The lowest BCUT2D eigenvalue weighted by molar-refractivity contribution is 0.277. The molecule has 0 heterocycles. The Kier molecular flexibility index (Phi) is 7.17. The van der Waals surface area contributed by atoms with E-state index in [1.165, 1.54) is 0 Å². The van der Waals surface area contributed by atoms with E-state index in [9.17, 15) is 0 Å². The molecule has 0 bridgehead atoms. The van der Waals surface area contributed by atoms with Crippen molar-refractivity contribution < 1.29 is 6.16 Å². The third-order valence-electron chi connectivity index (χ3n) is 1.42. The number of nitrogens with zero attached hydrogens (tertiary/aromatic N) is 1. The second-order valence-corrected chi connectivity index (χ2v) is 2.56. The molecule has 4 nitrogen and oxygen atoms in total. The van der Waals surface area contributed by atoms with Gasteiger partial charge in [0.25, 0.3) is 0 Å². The van der Waals surface area contributed by atoms with Gasteiger partial charge in [0.15, 0.2) is 0 Å². The van der Waals surface area contributed by atoms with E-state index < -0.39 is 0 Å². The molecule has 1 aromatic rings. The summed E-state index contributed by atoms with van der Waals surface area (Å²) in [5.41, 5.74) is 2.09. The third kappa shape index (κ3) is 5.16. The predicted molar refractivity (Wildman–Crippen MR) is 62.8 cm³/mol. The van der Waals surface area contributed by atoms with E-state index in [2.05, 4.69) is 15.2 Å². The van der Waals surface area contributed by atoms with Gasteiger partial charge in [-0.3, -0.25) is 0 Å². The molecule has 0 fully saturated rings. The minimum Gasteiger partial charge on any atom is -0.388 e. The highest BCUT2D eigenvalue weighted by Gasteiger charge is 1.87. The van der Waals surface area contributed by atoms with Crippen LogP contribution in [0.15, 0.2) is 29.4 Å². The maximum absolute atomic E-state index is 4.98. The Morgan fingerprint density at radius 3 is 2.21 bits per heavy atom. The first-order chi connectivity index (χ1) is 6.78. The average molecular weight is 197 g/mol. The van der Waals surface area contributed by atoms with Gasteiger partial charge in [-0.05, 0) is 17.7 Å². The number of anilines is 1. The van der Waals surface area contributed by atoms with E-state index in [4.69, 9.17) is 5.84 Å². The summed E-state index contributed by atoms with van der Waals surface area (Å²) in [5.74, 6) is 4.98. The number of nitrogens with one attached hydrogen (secondary N) is 1. The highest BCUT2D eigenvalue weighted by atomic mass is 16.4. The molecule has 0 aliphatic heterocycles. The molecule has 0 saturated carbocycles. The van der Waals surface area contributed by atoms with Crippen molar-refractivity contribution in [2.45, 2.75) is 0 Å². The first-order valence-electron chi connectivity index (χ1n) is 4.19. The highest BCUT2D eigenvalue weighted by molar-refractivity contribution is 5.79. The maximum Gasteiger partial charge on any atom is 0.0538 e. The second-order valence-electron chi connectivity index (χ2n) is 2.56. The van der Waals surface area contributed by atoms with Gasteiger partial charge in [-0.1, -0.05) is 12.1 Å². The van der Waals surface area contributed by atoms with Crippen LogP contribution >= 0.6 is 0 Å². The lowest BCUT2D eigenvalue weighted by Crippen LogP contribution is -1.89. The maximum atomic E-state index is 4.98. The van der Waals surface area contributed by atoms with E-state index >= 15 is 0 Å². The summed E-state index contributed by atoms with van der Waals surface area (Å²) >= 11 is 0. The van der Waals surface area contributed by atoms with Gasteiger partial charge in [-0.25, -0.2) is 0 Å². The van der Waals surface area contributed by atoms with Gasteiger partial charge in [-0.2, -0.15) is 5.10 Å². The van der Waals surface area contributed by atoms with Gasteiger partial charge in [0.1, 0.15) is 0 Å². The first kappa shape index (κ1) is 12.4. The van der Waals surface area contributed by atoms with Gasteiger partial charge in [-0.15, -0.1) is 0 Å². The van der Waals surface area contributed by atoms with Crippen LogP contribution in [0.5, 0.6) is 0 Å². The zero-order valence-corrected chi connectivity index (χ0v) is 8.82. The molecule has 0 unspecified atom stereocenters. The molecule has 0 amide bonds. The molecule has 0 spiro atoms. The molecule has 0 radical (unpaired) electrons. The van der Waals surface area contributed by atoms with Crippen molar-refractivity contribution >= 4 is 11.9 Å². The van der Waals surface area contributed by atoms with Crippen LogP contribution in [0.4, 0.5) is 5.69 Å². The monoisotopic (exact) mass is 197 g/mol. The zero-order chi connectivity index (χ0) is 10.8. The molecule has 1 rings (SSSR count). The van der Waals surface area contributed by atoms with Crippen LogP contribution in [0.25, 0.3) is 0 Å². The number of methoxy groups -OCH3 is 1. The van der Waals surface area contributed by atoms with E-state index in [1.54, 1.807) is 20.4 Å². The fourth-order valence-corrected chi connectivity index (χ4v) is 0.822. The average Bonchev–Trinajstić information content (AvgIpc) is 2.21. The van der Waals surface area contributed by atoms with Crippen molar-refractivity contribution in [3.63, 3.8) is 0 Å². The number of hydrogen-bond acceptors (Lipinski definition) is 4. The van der Waals surface area contributed by atoms with Gasteiger partial charge >= 0.3 is 0 Å². The fourth-order valence-electron chi connectivity index (χ4n) is 0.822. The Morgan fingerprint density at radius 2 is 1.86 bits per heavy atom.